The van der Waals surface area contributed by atoms with E-state index < -0.39 is 0 Å². The molecule has 0 aliphatic carbocycles. The molecular weight excluding hydrogens is 182 g/mol. The molecule has 0 aromatic heterocycles. The largest absolute Gasteiger partial charge is 0.324 e. The van der Waals surface area contributed by atoms with Crippen LogP contribution in [0, 0.1) is 13.8 Å². The Morgan fingerprint density at radius 3 is 2.31 bits per heavy atom. The molecule has 13 heavy (non-hydrogen) atoms. The first-order valence-electron chi connectivity index (χ1n) is 4.48. The molecule has 1 atom stereocenters. The second kappa shape index (κ2) is 5.25. The minimum atomic E-state index is 0. The monoisotopic (exact) mass is 199 g/mol. The smallest absolute Gasteiger partial charge is 0.0292 e. The lowest BCUT2D eigenvalue weighted by Crippen LogP contribution is -2.08. The fourth-order valence-corrected chi connectivity index (χ4v) is 1.23. The summed E-state index contributed by atoms with van der Waals surface area (Å²) in [7, 11) is 0. The second-order valence-electron chi connectivity index (χ2n) is 3.36. The fourth-order valence-electron chi connectivity index (χ4n) is 1.23. The van der Waals surface area contributed by atoms with E-state index >= 15 is 0 Å². The van der Waals surface area contributed by atoms with Crippen molar-refractivity contribution in [2.24, 2.45) is 5.73 Å². The van der Waals surface area contributed by atoms with E-state index in [1.807, 2.05) is 0 Å². The van der Waals surface area contributed by atoms with E-state index in [1.165, 1.54) is 16.7 Å². The van der Waals surface area contributed by atoms with Gasteiger partial charge in [0.15, 0.2) is 0 Å². The summed E-state index contributed by atoms with van der Waals surface area (Å²) in [5.74, 6) is 0. The lowest BCUT2D eigenvalue weighted by atomic mass is 10.0. The minimum absolute atomic E-state index is 0. The predicted molar refractivity (Wildman–Crippen MR) is 60.4 cm³/mol. The first kappa shape index (κ1) is 12.5. The van der Waals surface area contributed by atoms with Crippen LogP contribution in [0.25, 0.3) is 0 Å². The first-order chi connectivity index (χ1) is 5.65. The molecule has 0 unspecified atom stereocenters. The van der Waals surface area contributed by atoms with Crippen LogP contribution in [-0.4, -0.2) is 0 Å². The number of nitrogens with two attached hydrogens (primary N) is 1. The highest BCUT2D eigenvalue weighted by molar-refractivity contribution is 5.85. The summed E-state index contributed by atoms with van der Waals surface area (Å²) >= 11 is 0. The third-order valence-corrected chi connectivity index (χ3v) is 2.40. The lowest BCUT2D eigenvalue weighted by Gasteiger charge is -2.10. The standard InChI is InChI=1S/C11H17N.ClH/c1-4-11(12)10-6-5-8(2)9(3)7-10;/h5-7,11H,4,12H2,1-3H3;1H/t11-;/m0./s1. The molecule has 0 saturated carbocycles. The highest BCUT2D eigenvalue weighted by atomic mass is 35.5. The number of hydrogen-bond donors (Lipinski definition) is 1. The molecule has 0 saturated heterocycles. The Kier molecular flexibility index (Phi) is 5.04. The Balaban J connectivity index is 0.00000144. The SMILES string of the molecule is CC[C@H](N)c1ccc(C)c(C)c1.Cl. The van der Waals surface area contributed by atoms with Gasteiger partial charge in [0.05, 0.1) is 0 Å². The summed E-state index contributed by atoms with van der Waals surface area (Å²) in [4.78, 5) is 0. The lowest BCUT2D eigenvalue weighted by molar-refractivity contribution is 0.698. The van der Waals surface area contributed by atoms with Crippen molar-refractivity contribution in [3.8, 4) is 0 Å². The minimum Gasteiger partial charge on any atom is -0.324 e. The predicted octanol–water partition coefficient (Wildman–Crippen LogP) is 3.14. The van der Waals surface area contributed by atoms with Crippen molar-refractivity contribution in [2.45, 2.75) is 33.2 Å². The maximum Gasteiger partial charge on any atom is 0.0292 e. The fraction of sp³-hybridized carbons (Fsp3) is 0.455. The molecule has 0 aliphatic heterocycles. The first-order valence-corrected chi connectivity index (χ1v) is 4.48. The summed E-state index contributed by atoms with van der Waals surface area (Å²) < 4.78 is 0. The highest BCUT2D eigenvalue weighted by Crippen LogP contribution is 2.17. The molecule has 2 heteroatoms. The maximum atomic E-state index is 5.91. The van der Waals surface area contributed by atoms with Crippen LogP contribution in [-0.2, 0) is 0 Å². The molecule has 0 heterocycles. The van der Waals surface area contributed by atoms with Crippen LogP contribution in [0.2, 0.25) is 0 Å². The van der Waals surface area contributed by atoms with Gasteiger partial charge in [0.1, 0.15) is 0 Å². The van der Waals surface area contributed by atoms with Gasteiger partial charge in [-0.1, -0.05) is 25.1 Å². The molecular formula is C11H18ClN. The van der Waals surface area contributed by atoms with Crippen LogP contribution in [0.3, 0.4) is 0 Å². The van der Waals surface area contributed by atoms with Crippen molar-refractivity contribution in [3.63, 3.8) is 0 Å². The molecule has 1 aromatic rings. The summed E-state index contributed by atoms with van der Waals surface area (Å²) in [5.41, 5.74) is 9.83. The van der Waals surface area contributed by atoms with Crippen LogP contribution in [0.5, 0.6) is 0 Å². The molecule has 1 aromatic carbocycles. The zero-order valence-electron chi connectivity index (χ0n) is 8.50. The van der Waals surface area contributed by atoms with Gasteiger partial charge in [-0.2, -0.15) is 0 Å². The summed E-state index contributed by atoms with van der Waals surface area (Å²) in [6.07, 6.45) is 1.00. The van der Waals surface area contributed by atoms with Crippen molar-refractivity contribution in [3.05, 3.63) is 34.9 Å². The van der Waals surface area contributed by atoms with Gasteiger partial charge < -0.3 is 5.73 Å². The normalized spacial score (nSPS) is 12.0. The van der Waals surface area contributed by atoms with Crippen LogP contribution in [0.4, 0.5) is 0 Å². The van der Waals surface area contributed by atoms with Crippen molar-refractivity contribution < 1.29 is 0 Å². The molecule has 2 N–H and O–H groups in total. The van der Waals surface area contributed by atoms with Gasteiger partial charge in [-0.05, 0) is 37.0 Å². The molecule has 0 radical (unpaired) electrons. The van der Waals surface area contributed by atoms with Crippen molar-refractivity contribution >= 4 is 12.4 Å². The van der Waals surface area contributed by atoms with E-state index in [-0.39, 0.29) is 18.4 Å². The number of aryl methyl sites for hydroxylation is 2. The Labute approximate surface area is 86.7 Å². The van der Waals surface area contributed by atoms with E-state index in [9.17, 15) is 0 Å². The van der Waals surface area contributed by atoms with E-state index in [1.54, 1.807) is 0 Å². The van der Waals surface area contributed by atoms with Gasteiger partial charge in [-0.3, -0.25) is 0 Å². The zero-order chi connectivity index (χ0) is 9.14. The average molecular weight is 200 g/mol. The third kappa shape index (κ3) is 3.02. The quantitative estimate of drug-likeness (QED) is 0.778. The Morgan fingerprint density at radius 1 is 1.23 bits per heavy atom. The molecule has 0 aliphatic rings. The molecule has 0 bridgehead atoms. The van der Waals surface area contributed by atoms with Crippen molar-refractivity contribution in [1.29, 1.82) is 0 Å². The molecule has 74 valence electrons. The van der Waals surface area contributed by atoms with Crippen molar-refractivity contribution in [2.75, 3.05) is 0 Å². The van der Waals surface area contributed by atoms with Gasteiger partial charge >= 0.3 is 0 Å². The van der Waals surface area contributed by atoms with Crippen LogP contribution in [0.15, 0.2) is 18.2 Å². The number of rotatable bonds is 2. The second-order valence-corrected chi connectivity index (χ2v) is 3.36. The summed E-state index contributed by atoms with van der Waals surface area (Å²) in [6.45, 7) is 6.36. The highest BCUT2D eigenvalue weighted by Gasteiger charge is 2.03. The van der Waals surface area contributed by atoms with Crippen LogP contribution < -0.4 is 5.73 Å². The van der Waals surface area contributed by atoms with Crippen LogP contribution >= 0.6 is 12.4 Å². The van der Waals surface area contributed by atoms with Gasteiger partial charge in [0.25, 0.3) is 0 Å². The van der Waals surface area contributed by atoms with E-state index in [2.05, 4.69) is 39.0 Å². The Hall–Kier alpha value is -0.530. The molecule has 0 spiro atoms. The average Bonchev–Trinajstić information content (AvgIpc) is 2.08. The zero-order valence-corrected chi connectivity index (χ0v) is 9.32. The third-order valence-electron chi connectivity index (χ3n) is 2.40. The molecule has 0 amide bonds. The summed E-state index contributed by atoms with van der Waals surface area (Å²) in [6, 6.07) is 6.64. The molecule has 1 nitrogen and oxygen atoms in total. The Morgan fingerprint density at radius 2 is 1.85 bits per heavy atom. The maximum absolute atomic E-state index is 5.91. The number of halogens is 1. The molecule has 0 fully saturated rings. The topological polar surface area (TPSA) is 26.0 Å². The van der Waals surface area contributed by atoms with E-state index in [0.717, 1.165) is 6.42 Å². The van der Waals surface area contributed by atoms with Gasteiger partial charge in [0.2, 0.25) is 0 Å². The Bertz CT molecular complexity index is 271. The van der Waals surface area contributed by atoms with Gasteiger partial charge in [-0.25, -0.2) is 0 Å². The summed E-state index contributed by atoms with van der Waals surface area (Å²) in [5, 5.41) is 0. The van der Waals surface area contributed by atoms with E-state index in [4.69, 9.17) is 5.73 Å². The number of benzene rings is 1. The van der Waals surface area contributed by atoms with Gasteiger partial charge in [0, 0.05) is 6.04 Å². The van der Waals surface area contributed by atoms with Crippen LogP contribution in [0.1, 0.15) is 36.1 Å². The van der Waals surface area contributed by atoms with Gasteiger partial charge in [-0.15, -0.1) is 12.4 Å². The molecule has 1 rings (SSSR count). The van der Waals surface area contributed by atoms with E-state index in [0.29, 0.717) is 0 Å². The van der Waals surface area contributed by atoms with Crippen molar-refractivity contribution in [1.82, 2.24) is 0 Å². The number of hydrogen-bond acceptors (Lipinski definition) is 1.